The summed E-state index contributed by atoms with van der Waals surface area (Å²) in [4.78, 5) is 7.10. The van der Waals surface area contributed by atoms with Gasteiger partial charge in [0, 0.05) is 11.6 Å². The summed E-state index contributed by atoms with van der Waals surface area (Å²) in [7, 11) is 0. The predicted molar refractivity (Wildman–Crippen MR) is 121 cm³/mol. The number of benzene rings is 1. The van der Waals surface area contributed by atoms with Gasteiger partial charge in [0.2, 0.25) is 11.7 Å². The number of aliphatic imine (C=N–C) groups is 1. The lowest BCUT2D eigenvalue weighted by atomic mass is 9.97. The summed E-state index contributed by atoms with van der Waals surface area (Å²) in [6.45, 7) is 11.7. The normalized spacial score (nSPS) is 24.6. The molecule has 0 fully saturated rings. The quantitative estimate of drug-likeness (QED) is 0.504. The van der Waals surface area contributed by atoms with Crippen LogP contribution in [-0.2, 0) is 18.6 Å². The monoisotopic (exact) mass is 400 g/mol. The van der Waals surface area contributed by atoms with Gasteiger partial charge in [0.1, 0.15) is 0 Å². The molecular formula is C23H40N6. The molecule has 2 aliphatic rings. The summed E-state index contributed by atoms with van der Waals surface area (Å²) in [5, 5.41) is 0. The van der Waals surface area contributed by atoms with Crippen molar-refractivity contribution in [2.75, 3.05) is 13.1 Å². The Labute approximate surface area is 176 Å². The average Bonchev–Trinajstić information content (AvgIpc) is 2.89. The van der Waals surface area contributed by atoms with Crippen molar-refractivity contribution in [3.05, 3.63) is 34.9 Å². The summed E-state index contributed by atoms with van der Waals surface area (Å²) in [5.41, 5.74) is 21.8. The zero-order chi connectivity index (χ0) is 21.0. The lowest BCUT2D eigenvalue weighted by Crippen LogP contribution is -2.50. The zero-order valence-electron chi connectivity index (χ0n) is 18.7. The summed E-state index contributed by atoms with van der Waals surface area (Å²) < 4.78 is 0. The summed E-state index contributed by atoms with van der Waals surface area (Å²) >= 11 is 0. The molecule has 1 aromatic rings. The largest absolute Gasteiger partial charge is 0.369 e. The van der Waals surface area contributed by atoms with E-state index in [9.17, 15) is 0 Å². The number of nitrogens with zero attached hydrogens (tertiary/aromatic N) is 2. The number of nitrogens with one attached hydrogen (secondary N) is 2. The van der Waals surface area contributed by atoms with Crippen LogP contribution in [0.15, 0.2) is 23.2 Å². The van der Waals surface area contributed by atoms with Crippen LogP contribution in [0.1, 0.15) is 70.1 Å². The van der Waals surface area contributed by atoms with E-state index in [2.05, 4.69) is 66.6 Å². The van der Waals surface area contributed by atoms with Crippen molar-refractivity contribution in [1.82, 2.24) is 15.8 Å². The second-order valence-corrected chi connectivity index (χ2v) is 9.63. The summed E-state index contributed by atoms with van der Waals surface area (Å²) in [6, 6.07) is 7.21. The van der Waals surface area contributed by atoms with Gasteiger partial charge in [-0.1, -0.05) is 45.9 Å². The molecule has 2 atom stereocenters. The first kappa shape index (κ1) is 22.1. The van der Waals surface area contributed by atoms with Gasteiger partial charge in [0.15, 0.2) is 0 Å². The molecule has 0 radical (unpaired) electrons. The van der Waals surface area contributed by atoms with Crippen molar-refractivity contribution in [3.8, 4) is 0 Å². The number of rotatable bonds is 8. The van der Waals surface area contributed by atoms with Gasteiger partial charge < -0.3 is 10.6 Å². The zero-order valence-corrected chi connectivity index (χ0v) is 18.7. The van der Waals surface area contributed by atoms with Gasteiger partial charge in [-0.3, -0.25) is 11.2 Å². The number of hydrogen-bond donors (Lipinski definition) is 4. The highest BCUT2D eigenvalue weighted by molar-refractivity contribution is 5.79. The molecule has 0 saturated heterocycles. The predicted octanol–water partition coefficient (Wildman–Crippen LogP) is 2.82. The van der Waals surface area contributed by atoms with Gasteiger partial charge in [-0.2, -0.15) is 5.43 Å². The lowest BCUT2D eigenvalue weighted by Gasteiger charge is -2.32. The van der Waals surface area contributed by atoms with E-state index in [1.54, 1.807) is 0 Å². The van der Waals surface area contributed by atoms with E-state index in [0.29, 0.717) is 12.0 Å². The molecule has 0 bridgehead atoms. The molecule has 6 N–H and O–H groups in total. The van der Waals surface area contributed by atoms with E-state index < -0.39 is 5.79 Å². The molecule has 0 aromatic heterocycles. The minimum absolute atomic E-state index is 0.327. The number of hydrogen-bond acceptors (Lipinski definition) is 6. The van der Waals surface area contributed by atoms with Crippen LogP contribution in [0.4, 0.5) is 0 Å². The van der Waals surface area contributed by atoms with Crippen molar-refractivity contribution < 1.29 is 0 Å². The van der Waals surface area contributed by atoms with Crippen LogP contribution < -0.4 is 22.3 Å². The Morgan fingerprint density at radius 1 is 1.07 bits per heavy atom. The van der Waals surface area contributed by atoms with Crippen LogP contribution in [0.25, 0.3) is 0 Å². The van der Waals surface area contributed by atoms with Crippen molar-refractivity contribution in [3.63, 3.8) is 0 Å². The van der Waals surface area contributed by atoms with Crippen LogP contribution in [-0.4, -0.2) is 30.0 Å². The van der Waals surface area contributed by atoms with E-state index >= 15 is 0 Å². The number of aryl methyl sites for hydroxylation is 2. The number of nitrogens with two attached hydrogens (primary N) is 2. The fraction of sp³-hybridized carbons (Fsp3) is 0.696. The van der Waals surface area contributed by atoms with E-state index in [1.165, 1.54) is 49.9 Å². The van der Waals surface area contributed by atoms with Gasteiger partial charge in [0.25, 0.3) is 0 Å². The lowest BCUT2D eigenvalue weighted by molar-refractivity contribution is 0.162. The standard InChI is InChI=1S/C23H40N6/c1-16(2)11-13-29(14-12-17(3)4)21-9-6-18-5-8-20(15-19(18)7-10-21)23(25)26-22(24)27-28-23/h5,8,15-17,21,28H,6-7,9-14,25H2,1-4H3,(H3,24,26,27)/t21-,23?/m0/s1. The summed E-state index contributed by atoms with van der Waals surface area (Å²) in [5.74, 6) is 0.853. The Morgan fingerprint density at radius 3 is 2.24 bits per heavy atom. The maximum absolute atomic E-state index is 6.40. The maximum Gasteiger partial charge on any atom is 0.209 e. The smallest absolute Gasteiger partial charge is 0.209 e. The Morgan fingerprint density at radius 2 is 1.69 bits per heavy atom. The number of hydrazine groups is 1. The number of fused-ring (bicyclic) bond motifs is 1. The van der Waals surface area contributed by atoms with Gasteiger partial charge in [-0.25, -0.2) is 4.99 Å². The van der Waals surface area contributed by atoms with E-state index in [4.69, 9.17) is 11.5 Å². The van der Waals surface area contributed by atoms with Crippen molar-refractivity contribution in [2.45, 2.75) is 78.0 Å². The molecular weight excluding hydrogens is 360 g/mol. The van der Waals surface area contributed by atoms with Crippen molar-refractivity contribution >= 4 is 5.96 Å². The van der Waals surface area contributed by atoms with Crippen LogP contribution in [0.5, 0.6) is 0 Å². The van der Waals surface area contributed by atoms with Crippen LogP contribution >= 0.6 is 0 Å². The Balaban J connectivity index is 1.71. The molecule has 1 aliphatic heterocycles. The third-order valence-corrected chi connectivity index (χ3v) is 6.32. The van der Waals surface area contributed by atoms with E-state index in [0.717, 1.165) is 30.2 Å². The molecule has 1 unspecified atom stereocenters. The maximum atomic E-state index is 6.40. The molecule has 3 rings (SSSR count). The highest BCUT2D eigenvalue weighted by atomic mass is 15.6. The fourth-order valence-electron chi connectivity index (χ4n) is 4.36. The van der Waals surface area contributed by atoms with E-state index in [1.807, 2.05) is 0 Å². The van der Waals surface area contributed by atoms with Crippen LogP contribution in [0, 0.1) is 11.8 Å². The minimum Gasteiger partial charge on any atom is -0.369 e. The van der Waals surface area contributed by atoms with Crippen LogP contribution in [0.3, 0.4) is 0 Å². The topological polar surface area (TPSA) is 91.7 Å². The second kappa shape index (κ2) is 9.45. The minimum atomic E-state index is -0.981. The SMILES string of the molecule is CC(C)CCN(CCC(C)C)[C@H]1CCc2ccc(C3(N)N=C(N)NN3)cc2CC1. The summed E-state index contributed by atoms with van der Waals surface area (Å²) in [6.07, 6.45) is 7.23. The molecule has 1 aliphatic carbocycles. The van der Waals surface area contributed by atoms with Crippen molar-refractivity contribution in [2.24, 2.45) is 28.3 Å². The first-order chi connectivity index (χ1) is 13.8. The molecule has 1 heterocycles. The van der Waals surface area contributed by atoms with Crippen molar-refractivity contribution in [1.29, 1.82) is 0 Å². The second-order valence-electron chi connectivity index (χ2n) is 9.63. The fourth-order valence-corrected chi connectivity index (χ4v) is 4.36. The average molecular weight is 401 g/mol. The highest BCUT2D eigenvalue weighted by Crippen LogP contribution is 2.28. The Kier molecular flexibility index (Phi) is 7.19. The Bertz CT molecular complexity index is 701. The molecule has 162 valence electrons. The Hall–Kier alpha value is -1.63. The molecule has 0 saturated carbocycles. The van der Waals surface area contributed by atoms with Gasteiger partial charge in [0.05, 0.1) is 0 Å². The molecule has 6 heteroatoms. The third kappa shape index (κ3) is 5.71. The van der Waals surface area contributed by atoms with Gasteiger partial charge in [-0.05, 0) is 74.6 Å². The number of guanidine groups is 1. The van der Waals surface area contributed by atoms with Gasteiger partial charge >= 0.3 is 0 Å². The molecule has 6 nitrogen and oxygen atoms in total. The molecule has 29 heavy (non-hydrogen) atoms. The van der Waals surface area contributed by atoms with E-state index in [-0.39, 0.29) is 0 Å². The molecule has 1 aromatic carbocycles. The van der Waals surface area contributed by atoms with Crippen LogP contribution in [0.2, 0.25) is 0 Å². The molecule has 0 spiro atoms. The first-order valence-corrected chi connectivity index (χ1v) is 11.3. The highest BCUT2D eigenvalue weighted by Gasteiger charge is 2.32. The first-order valence-electron chi connectivity index (χ1n) is 11.3. The third-order valence-electron chi connectivity index (χ3n) is 6.32. The molecule has 0 amide bonds. The van der Waals surface area contributed by atoms with Gasteiger partial charge in [-0.15, -0.1) is 0 Å².